The van der Waals surface area contributed by atoms with Gasteiger partial charge >= 0.3 is 61.4 Å². The number of hydrogen-bond donors (Lipinski definition) is 6. The quantitative estimate of drug-likeness (QED) is 0.0201. The van der Waals surface area contributed by atoms with Crippen LogP contribution in [0.4, 0.5) is 0 Å². The molecule has 0 saturated carbocycles. The molecule has 1 radical (unpaired) electrons. The molecule has 1 atom stereocenters. The fraction of sp³-hybridized carbons (Fsp3) is 0.385. The summed E-state index contributed by atoms with van der Waals surface area (Å²) in [6.07, 6.45) is 3.19. The van der Waals surface area contributed by atoms with Crippen molar-refractivity contribution >= 4 is 114 Å². The van der Waals surface area contributed by atoms with Crippen LogP contribution < -0.4 is 54.0 Å². The molecule has 5 N–H and O–H groups in total. The largest absolute Gasteiger partial charge is 1.00 e. The van der Waals surface area contributed by atoms with Crippen LogP contribution in [0, 0.1) is 27.7 Å². The SMILES string of the molecule is CC(C)(C)c1ccc(S(=O)[O-])cc1.COc1ccc(OC)c(-c2nc(S(=O)(=O)c3ccc(C(C)(C)C)cc3)c(C)[nH]2)c1.COc1ccc(OC)c(B(O)O)c1.Cc1[nH]c(Br)nc1S(=O)(=O)c1ccc(C(C)(C)C)cc1.Cc1[nH]cnc1S(=O)(=O)c1ccc(C(C)(C)C)cc1.Cc1ncn(COCC[Si](C)(C)C)c1Br.[B]=NS.[Na+]. The number of thiol groups is 1. The number of ether oxygens (including phenoxy) is 5. The zero-order valence-corrected chi connectivity index (χ0v) is 79.2. The van der Waals surface area contributed by atoms with Crippen LogP contribution in [0.2, 0.25) is 25.7 Å². The molecule has 607 valence electrons. The van der Waals surface area contributed by atoms with Gasteiger partial charge in [-0.1, -0.05) is 151 Å². The van der Waals surface area contributed by atoms with Gasteiger partial charge in [-0.05, 0) is 206 Å². The van der Waals surface area contributed by atoms with E-state index in [1.165, 1.54) is 32.7 Å². The number of hydrogen-bond acceptors (Lipinski definition) is 21. The summed E-state index contributed by atoms with van der Waals surface area (Å²) >= 11 is 7.70. The van der Waals surface area contributed by atoms with Crippen molar-refractivity contribution in [2.45, 2.75) is 200 Å². The zero-order valence-electron chi connectivity index (χ0n) is 68.9. The molecule has 0 fully saturated rings. The van der Waals surface area contributed by atoms with Gasteiger partial charge in [-0.25, -0.2) is 45.2 Å². The van der Waals surface area contributed by atoms with Crippen molar-refractivity contribution in [3.05, 3.63) is 200 Å². The maximum Gasteiger partial charge on any atom is 1.00 e. The molecular weight excluding hydrogens is 1700 g/mol. The Hall–Kier alpha value is -6.34. The predicted molar refractivity (Wildman–Crippen MR) is 456 cm³/mol. The van der Waals surface area contributed by atoms with E-state index in [2.05, 4.69) is 194 Å². The van der Waals surface area contributed by atoms with Gasteiger partial charge in [0.1, 0.15) is 40.2 Å². The second-order valence-electron chi connectivity index (χ2n) is 30.8. The van der Waals surface area contributed by atoms with Gasteiger partial charge in [0, 0.05) is 25.0 Å². The summed E-state index contributed by atoms with van der Waals surface area (Å²) < 4.78 is 130. The normalized spacial score (nSPS) is 11.9. The minimum absolute atomic E-state index is 0. The average molecular weight is 1800 g/mol. The molecular formula is C78H105B2Br2N9NaO15S5Si. The van der Waals surface area contributed by atoms with E-state index < -0.39 is 55.8 Å². The van der Waals surface area contributed by atoms with Crippen LogP contribution in [0.25, 0.3) is 11.4 Å². The molecule has 10 aromatic rings. The first kappa shape index (κ1) is 101. The van der Waals surface area contributed by atoms with Crippen molar-refractivity contribution in [2.24, 2.45) is 4.30 Å². The monoisotopic (exact) mass is 1800 g/mol. The first-order chi connectivity index (χ1) is 51.8. The fourth-order valence-corrected chi connectivity index (χ4v) is 16.2. The van der Waals surface area contributed by atoms with Crippen LogP contribution >= 0.6 is 44.7 Å². The van der Waals surface area contributed by atoms with Crippen LogP contribution in [0.15, 0.2) is 194 Å². The van der Waals surface area contributed by atoms with Gasteiger partial charge in [0.05, 0.1) is 84.1 Å². The number of H-pyrrole nitrogens is 3. The second-order valence-corrected chi connectivity index (χ2v) is 44.6. The number of methoxy groups -OCH3 is 4. The number of aryl methyl sites for hydroxylation is 4. The number of aromatic nitrogens is 8. The van der Waals surface area contributed by atoms with Gasteiger partial charge < -0.3 is 57.8 Å². The predicted octanol–water partition coefficient (Wildman–Crippen LogP) is 13.1. The topological polar surface area (TPSA) is 345 Å². The van der Waals surface area contributed by atoms with Gasteiger partial charge in [0.15, 0.2) is 19.8 Å². The van der Waals surface area contributed by atoms with E-state index >= 15 is 0 Å². The van der Waals surface area contributed by atoms with E-state index in [0.717, 1.165) is 39.2 Å². The van der Waals surface area contributed by atoms with Crippen LogP contribution in [-0.2, 0) is 73.7 Å². The molecule has 4 aromatic heterocycles. The number of benzene rings is 6. The van der Waals surface area contributed by atoms with Crippen molar-refractivity contribution in [1.82, 2.24) is 39.5 Å². The number of nitrogens with one attached hydrogen (secondary N) is 3. The third-order valence-electron chi connectivity index (χ3n) is 16.7. The van der Waals surface area contributed by atoms with Crippen LogP contribution in [0.1, 0.15) is 128 Å². The Bertz CT molecular complexity index is 5080. The maximum absolute atomic E-state index is 13.2. The summed E-state index contributed by atoms with van der Waals surface area (Å²) in [7, 11) is -2.97. The van der Waals surface area contributed by atoms with E-state index in [1.54, 1.807) is 120 Å². The molecule has 0 bridgehead atoms. The van der Waals surface area contributed by atoms with E-state index in [9.17, 15) is 34.0 Å². The molecule has 6 aromatic carbocycles. The summed E-state index contributed by atoms with van der Waals surface area (Å²) in [4.78, 5) is 26.3. The number of sulfone groups is 3. The Morgan fingerprint density at radius 1 is 0.575 bits per heavy atom. The number of nitrogens with zero attached hydrogens (tertiary/aromatic N) is 6. The minimum Gasteiger partial charge on any atom is 1.00 e. The molecule has 35 heteroatoms. The minimum atomic E-state index is -3.77. The Balaban J connectivity index is 0.000000356. The van der Waals surface area contributed by atoms with Crippen LogP contribution in [-0.4, -0.2) is 141 Å². The summed E-state index contributed by atoms with van der Waals surface area (Å²) in [6.45, 7) is 40.6. The van der Waals surface area contributed by atoms with Crippen LogP contribution in [0.3, 0.4) is 0 Å². The molecule has 10 rings (SSSR count). The Kier molecular flexibility index (Phi) is 39.0. The van der Waals surface area contributed by atoms with E-state index in [1.807, 2.05) is 60.0 Å². The second kappa shape index (κ2) is 43.7. The van der Waals surface area contributed by atoms with Gasteiger partial charge in [0.25, 0.3) is 0 Å². The van der Waals surface area contributed by atoms with Gasteiger partial charge in [-0.15, -0.1) is 0 Å². The van der Waals surface area contributed by atoms with Crippen molar-refractivity contribution in [3.8, 4) is 34.4 Å². The first-order valence-corrected chi connectivity index (χ1v) is 46.2. The van der Waals surface area contributed by atoms with Gasteiger partial charge in [-0.3, -0.25) is 4.21 Å². The fourth-order valence-electron chi connectivity index (χ4n) is 10.1. The Morgan fingerprint density at radius 2 is 0.965 bits per heavy atom. The summed E-state index contributed by atoms with van der Waals surface area (Å²) in [5, 5.41) is 18.1. The maximum atomic E-state index is 13.2. The van der Waals surface area contributed by atoms with Crippen molar-refractivity contribution in [3.63, 3.8) is 0 Å². The standard InChI is InChI=1S/C22H26N2O4S.C14H17BrN2O2S.C14H18N2O2S.C10H19BrN2OSi.C10H14O2S.C8H11BO4.BHNS.Na/c1-14-21(29(25,26)17-10-7-15(8-11-17)22(2,3)4)24-20(23-14)18-13-16(27-5)9-12-19(18)28-6;1-9-12(17-13(15)16-9)20(18,19)11-7-5-10(6-8-11)14(2,3)4;1-10-13(16-9-15-10)19(17,18)12-7-5-11(6-8-12)14(2,3)4;1-9-10(11)13(7-12-9)8-14-5-6-15(2,3)4;1-10(2,3)8-4-6-9(7-5-8)13(11)12;1-12-6-3-4-8(13-2)7(5-6)9(10)11;1-2-3;/h7-13H,1-6H3,(H,23,24);5-8H,1-4H3,(H,16,17);5-9H,1-4H3,(H,15,16);7H,5-6,8H2,1-4H3;4-7H,1-3H3,(H,11,12);3-5,10-11H,1-2H3;3H;/q;;;;;;;+1/p-1. The Morgan fingerprint density at radius 3 is 1.30 bits per heavy atom. The van der Waals surface area contributed by atoms with Crippen molar-refractivity contribution < 1.29 is 97.3 Å². The van der Waals surface area contributed by atoms with Gasteiger partial charge in [0.2, 0.25) is 29.5 Å². The van der Waals surface area contributed by atoms with E-state index in [4.69, 9.17) is 33.7 Å². The number of imidazole rings is 4. The Labute approximate surface area is 717 Å². The molecule has 24 nitrogen and oxygen atoms in total. The molecule has 0 aliphatic heterocycles. The molecule has 0 saturated heterocycles. The average Bonchev–Trinajstić information content (AvgIpc) is 1.69. The van der Waals surface area contributed by atoms with E-state index in [-0.39, 0.29) is 81.0 Å². The summed E-state index contributed by atoms with van der Waals surface area (Å²) in [6, 6.07) is 39.2. The van der Waals surface area contributed by atoms with Crippen molar-refractivity contribution in [1.29, 1.82) is 0 Å². The van der Waals surface area contributed by atoms with Crippen LogP contribution in [0.5, 0.6) is 23.0 Å². The molecule has 0 aliphatic rings. The number of aromatic amines is 3. The third kappa shape index (κ3) is 30.0. The first-order valence-electron chi connectivity index (χ1n) is 35.0. The summed E-state index contributed by atoms with van der Waals surface area (Å²) in [5.41, 5.74) is 7.88. The molecule has 0 spiro atoms. The summed E-state index contributed by atoms with van der Waals surface area (Å²) in [5.74, 6) is 2.58. The van der Waals surface area contributed by atoms with Gasteiger partial charge in [-0.2, -0.15) is 0 Å². The molecule has 113 heavy (non-hydrogen) atoms. The third-order valence-corrected chi connectivity index (χ3v) is 25.9. The number of halogens is 2. The van der Waals surface area contributed by atoms with Crippen molar-refractivity contribution in [2.75, 3.05) is 35.0 Å². The number of rotatable bonds is 18. The molecule has 0 aliphatic carbocycles. The smallest absolute Gasteiger partial charge is 1.00 e. The molecule has 0 amide bonds. The molecule has 4 heterocycles. The molecule has 1 unspecified atom stereocenters. The van der Waals surface area contributed by atoms with E-state index in [0.29, 0.717) is 73.3 Å². The zero-order chi connectivity index (χ0) is 84.9.